The molecule has 0 saturated carbocycles. The zero-order valence-corrected chi connectivity index (χ0v) is 23.7. The van der Waals surface area contributed by atoms with Gasteiger partial charge < -0.3 is 20.4 Å². The number of rotatable bonds is 22. The lowest BCUT2D eigenvalue weighted by Gasteiger charge is -2.18. The molecular formula is C30H54N4O2. The topological polar surface area (TPSA) is 64.7 Å². The van der Waals surface area contributed by atoms with E-state index in [0.717, 1.165) is 26.2 Å². The van der Waals surface area contributed by atoms with E-state index in [0.29, 0.717) is 24.2 Å². The molecule has 0 aliphatic heterocycles. The summed E-state index contributed by atoms with van der Waals surface area (Å²) in [5, 5.41) is 5.98. The van der Waals surface area contributed by atoms with Crippen LogP contribution in [0.25, 0.3) is 0 Å². The van der Waals surface area contributed by atoms with Gasteiger partial charge in [0.2, 0.25) is 0 Å². The van der Waals surface area contributed by atoms with Gasteiger partial charge in [-0.3, -0.25) is 9.59 Å². The molecule has 0 atom stereocenters. The van der Waals surface area contributed by atoms with E-state index in [1.165, 1.54) is 77.0 Å². The number of nitrogens with one attached hydrogen (secondary N) is 2. The largest absolute Gasteiger partial charge is 0.351 e. The van der Waals surface area contributed by atoms with Crippen LogP contribution in [0.3, 0.4) is 0 Å². The van der Waals surface area contributed by atoms with Crippen molar-refractivity contribution in [3.63, 3.8) is 0 Å². The maximum Gasteiger partial charge on any atom is 0.252 e. The molecule has 6 heteroatoms. The Hall–Kier alpha value is -1.92. The van der Waals surface area contributed by atoms with Gasteiger partial charge in [-0.1, -0.05) is 90.2 Å². The van der Waals surface area contributed by atoms with Gasteiger partial charge in [0.05, 0.1) is 11.1 Å². The average Bonchev–Trinajstić information content (AvgIpc) is 2.88. The van der Waals surface area contributed by atoms with Crippen molar-refractivity contribution in [2.75, 3.05) is 53.4 Å². The van der Waals surface area contributed by atoms with E-state index in [-0.39, 0.29) is 11.8 Å². The Bertz CT molecular complexity index is 651. The molecule has 0 heterocycles. The van der Waals surface area contributed by atoms with Gasteiger partial charge in [-0.15, -0.1) is 0 Å². The number of carbonyl (C=O) groups is 2. The summed E-state index contributed by atoms with van der Waals surface area (Å²) in [4.78, 5) is 30.1. The second-order valence-electron chi connectivity index (χ2n) is 10.2. The zero-order valence-electron chi connectivity index (χ0n) is 23.7. The Morgan fingerprint density at radius 2 is 0.944 bits per heavy atom. The molecular weight excluding hydrogens is 448 g/mol. The van der Waals surface area contributed by atoms with Gasteiger partial charge in [0.25, 0.3) is 11.8 Å². The summed E-state index contributed by atoms with van der Waals surface area (Å²) in [7, 11) is 4.20. The van der Waals surface area contributed by atoms with Gasteiger partial charge >= 0.3 is 0 Å². The number of hydrogen-bond acceptors (Lipinski definition) is 4. The van der Waals surface area contributed by atoms with E-state index >= 15 is 0 Å². The summed E-state index contributed by atoms with van der Waals surface area (Å²) in [6.07, 6.45) is 15.5. The van der Waals surface area contributed by atoms with Crippen molar-refractivity contribution >= 4 is 11.8 Å². The molecule has 0 aromatic heterocycles. The third-order valence-corrected chi connectivity index (χ3v) is 6.76. The van der Waals surface area contributed by atoms with Crippen molar-refractivity contribution in [1.82, 2.24) is 20.4 Å². The smallest absolute Gasteiger partial charge is 0.252 e. The summed E-state index contributed by atoms with van der Waals surface area (Å²) in [6.45, 7) is 9.34. The van der Waals surface area contributed by atoms with Gasteiger partial charge in [0.15, 0.2) is 0 Å². The molecule has 2 amide bonds. The summed E-state index contributed by atoms with van der Waals surface area (Å²) < 4.78 is 0. The molecule has 0 radical (unpaired) electrons. The van der Waals surface area contributed by atoms with Crippen LogP contribution in [0.4, 0.5) is 0 Å². The molecule has 206 valence electrons. The first-order valence-electron chi connectivity index (χ1n) is 14.5. The third-order valence-electron chi connectivity index (χ3n) is 6.76. The maximum absolute atomic E-state index is 12.8. The lowest BCUT2D eigenvalue weighted by atomic mass is 10.1. The van der Waals surface area contributed by atoms with E-state index in [1.54, 1.807) is 12.1 Å². The summed E-state index contributed by atoms with van der Waals surface area (Å²) >= 11 is 0. The van der Waals surface area contributed by atoms with Crippen LogP contribution in [0.15, 0.2) is 24.3 Å². The molecule has 0 fully saturated rings. The van der Waals surface area contributed by atoms with Crippen LogP contribution < -0.4 is 10.6 Å². The normalized spacial score (nSPS) is 11.3. The number of carbonyl (C=O) groups excluding carboxylic acids is 2. The van der Waals surface area contributed by atoms with Crippen LogP contribution in [-0.4, -0.2) is 75.0 Å². The van der Waals surface area contributed by atoms with Crippen LogP contribution >= 0.6 is 0 Å². The molecule has 1 aromatic carbocycles. The fraction of sp³-hybridized carbons (Fsp3) is 0.733. The Kier molecular flexibility index (Phi) is 18.9. The lowest BCUT2D eigenvalue weighted by molar-refractivity contribution is 0.0915. The summed E-state index contributed by atoms with van der Waals surface area (Å²) in [5.41, 5.74) is 0.878. The predicted octanol–water partition coefficient (Wildman–Crippen LogP) is 5.73. The summed E-state index contributed by atoms with van der Waals surface area (Å²) in [5.74, 6) is -0.372. The second-order valence-corrected chi connectivity index (χ2v) is 10.2. The molecule has 6 nitrogen and oxygen atoms in total. The first-order valence-corrected chi connectivity index (χ1v) is 14.5. The quantitative estimate of drug-likeness (QED) is 0.199. The maximum atomic E-state index is 12.8. The Labute approximate surface area is 221 Å². The molecule has 0 bridgehead atoms. The summed E-state index contributed by atoms with van der Waals surface area (Å²) in [6, 6.07) is 7.08. The lowest BCUT2D eigenvalue weighted by Crippen LogP contribution is -2.36. The minimum absolute atomic E-state index is 0.186. The average molecular weight is 503 g/mol. The van der Waals surface area contributed by atoms with Crippen LogP contribution in [0.5, 0.6) is 0 Å². The number of benzene rings is 1. The first-order chi connectivity index (χ1) is 17.5. The van der Waals surface area contributed by atoms with Crippen LogP contribution in [0, 0.1) is 0 Å². The Morgan fingerprint density at radius 1 is 0.583 bits per heavy atom. The molecule has 2 N–H and O–H groups in total. The predicted molar refractivity (Wildman–Crippen MR) is 153 cm³/mol. The van der Waals surface area contributed by atoms with Crippen molar-refractivity contribution in [1.29, 1.82) is 0 Å². The molecule has 0 aliphatic rings. The van der Waals surface area contributed by atoms with Crippen LogP contribution in [0.1, 0.15) is 112 Å². The van der Waals surface area contributed by atoms with Crippen molar-refractivity contribution in [3.8, 4) is 0 Å². The van der Waals surface area contributed by atoms with Gasteiger partial charge in [-0.05, 0) is 52.2 Å². The van der Waals surface area contributed by atoms with Crippen LogP contribution in [-0.2, 0) is 0 Å². The Balaban J connectivity index is 2.32. The highest BCUT2D eigenvalue weighted by molar-refractivity contribution is 6.07. The standard InChI is InChI=1S/C30H54N4O2/c1-5-7-9-11-13-17-23-33(3)25-21-31-29(35)27-19-15-16-20-28(27)30(36)32-22-26-34(4)24-18-14-12-10-8-6-2/h15-16,19-20H,5-14,17-18,21-26H2,1-4H3,(H,31,35)(H,32,36). The fourth-order valence-electron chi connectivity index (χ4n) is 4.34. The number of likely N-dealkylation sites (N-methyl/N-ethyl adjacent to an activating group) is 2. The number of hydrogen-bond donors (Lipinski definition) is 2. The fourth-order valence-corrected chi connectivity index (χ4v) is 4.34. The van der Waals surface area contributed by atoms with Gasteiger partial charge in [0.1, 0.15) is 0 Å². The van der Waals surface area contributed by atoms with E-state index in [1.807, 2.05) is 12.1 Å². The van der Waals surface area contributed by atoms with Gasteiger partial charge in [-0.2, -0.15) is 0 Å². The minimum atomic E-state index is -0.186. The van der Waals surface area contributed by atoms with E-state index < -0.39 is 0 Å². The Morgan fingerprint density at radius 3 is 1.33 bits per heavy atom. The molecule has 36 heavy (non-hydrogen) atoms. The van der Waals surface area contributed by atoms with E-state index in [9.17, 15) is 9.59 Å². The monoisotopic (exact) mass is 502 g/mol. The van der Waals surface area contributed by atoms with Crippen molar-refractivity contribution in [2.45, 2.75) is 90.9 Å². The van der Waals surface area contributed by atoms with Crippen molar-refractivity contribution < 1.29 is 9.59 Å². The van der Waals surface area contributed by atoms with Crippen molar-refractivity contribution in [3.05, 3.63) is 35.4 Å². The zero-order chi connectivity index (χ0) is 26.4. The minimum Gasteiger partial charge on any atom is -0.351 e. The number of nitrogens with zero attached hydrogens (tertiary/aromatic N) is 2. The number of amides is 2. The molecule has 0 spiro atoms. The van der Waals surface area contributed by atoms with Crippen molar-refractivity contribution in [2.24, 2.45) is 0 Å². The highest BCUT2D eigenvalue weighted by Gasteiger charge is 2.16. The SMILES string of the molecule is CCCCCCCCN(C)CCNC(=O)c1ccccc1C(=O)NCCN(C)CCCCCCCC. The molecule has 1 rings (SSSR count). The molecule has 0 saturated heterocycles. The van der Waals surface area contributed by atoms with E-state index in [4.69, 9.17) is 0 Å². The first kappa shape index (κ1) is 32.1. The molecule has 1 aromatic rings. The second kappa shape index (κ2) is 21.2. The molecule has 0 unspecified atom stereocenters. The van der Waals surface area contributed by atoms with Gasteiger partial charge in [0, 0.05) is 26.2 Å². The highest BCUT2D eigenvalue weighted by atomic mass is 16.2. The van der Waals surface area contributed by atoms with E-state index in [2.05, 4.69) is 48.4 Å². The molecule has 0 aliphatic carbocycles. The van der Waals surface area contributed by atoms with Crippen LogP contribution in [0.2, 0.25) is 0 Å². The number of unbranched alkanes of at least 4 members (excludes halogenated alkanes) is 10. The third kappa shape index (κ3) is 15.2. The highest BCUT2D eigenvalue weighted by Crippen LogP contribution is 2.09. The van der Waals surface area contributed by atoms with Gasteiger partial charge in [-0.25, -0.2) is 0 Å².